The number of hydrogen-bond acceptors (Lipinski definition) is 2. The fraction of sp³-hybridized carbons (Fsp3) is 0.353. The van der Waals surface area contributed by atoms with Gasteiger partial charge in [0.15, 0.2) is 0 Å². The Balaban J connectivity index is 1.75. The molecule has 0 saturated heterocycles. The number of rotatable bonds is 3. The molecule has 2 nitrogen and oxygen atoms in total. The number of thiophene rings is 1. The number of hydrogen-bond donors (Lipinski definition) is 1. The van der Waals surface area contributed by atoms with Gasteiger partial charge in [0.25, 0.3) is 5.91 Å². The fourth-order valence-corrected chi connectivity index (χ4v) is 4.11. The van der Waals surface area contributed by atoms with Crippen LogP contribution in [0.25, 0.3) is 0 Å². The van der Waals surface area contributed by atoms with Gasteiger partial charge in [0.05, 0.1) is 4.88 Å². The lowest BCUT2D eigenvalue weighted by atomic mass is 9.87. The minimum Gasteiger partial charge on any atom is -0.321 e. The second kappa shape index (κ2) is 6.20. The third kappa shape index (κ3) is 3.30. The van der Waals surface area contributed by atoms with E-state index in [0.29, 0.717) is 5.02 Å². The Kier molecular flexibility index (Phi) is 4.32. The van der Waals surface area contributed by atoms with Crippen LogP contribution < -0.4 is 5.32 Å². The maximum absolute atomic E-state index is 12.4. The van der Waals surface area contributed by atoms with Gasteiger partial charge in [-0.2, -0.15) is 0 Å². The summed E-state index contributed by atoms with van der Waals surface area (Å²) in [5.74, 6) is 0.737. The van der Waals surface area contributed by atoms with E-state index < -0.39 is 0 Å². The average Bonchev–Trinajstić information content (AvgIpc) is 2.90. The maximum Gasteiger partial charge on any atom is 0.265 e. The number of fused-ring (bicyclic) bond motifs is 1. The number of nitrogens with one attached hydrogen (secondary N) is 1. The second-order valence-corrected chi connectivity index (χ2v) is 7.11. The van der Waals surface area contributed by atoms with Gasteiger partial charge in [-0.3, -0.25) is 4.79 Å². The van der Waals surface area contributed by atoms with Crippen LogP contribution in [-0.4, -0.2) is 5.91 Å². The highest BCUT2D eigenvalue weighted by Gasteiger charge is 2.22. The predicted molar refractivity (Wildman–Crippen MR) is 89.5 cm³/mol. The molecule has 1 aliphatic carbocycles. The number of anilines is 1. The van der Waals surface area contributed by atoms with Crippen LogP contribution in [0.4, 0.5) is 5.69 Å². The largest absolute Gasteiger partial charge is 0.321 e. The molecule has 0 bridgehead atoms. The van der Waals surface area contributed by atoms with Crippen molar-refractivity contribution in [2.24, 2.45) is 5.92 Å². The number of carbonyl (C=O) groups excluding carboxylic acids is 1. The highest BCUT2D eigenvalue weighted by molar-refractivity contribution is 7.14. The third-order valence-electron chi connectivity index (χ3n) is 4.07. The Morgan fingerprint density at radius 1 is 1.43 bits per heavy atom. The van der Waals surface area contributed by atoms with Crippen LogP contribution in [-0.2, 0) is 12.8 Å². The molecule has 0 unspecified atom stereocenters. The first-order valence-electron chi connectivity index (χ1n) is 7.34. The van der Waals surface area contributed by atoms with Crippen molar-refractivity contribution in [2.45, 2.75) is 32.6 Å². The zero-order valence-electron chi connectivity index (χ0n) is 12.0. The summed E-state index contributed by atoms with van der Waals surface area (Å²) in [7, 11) is 0. The summed E-state index contributed by atoms with van der Waals surface area (Å²) in [4.78, 5) is 14.5. The number of halogens is 1. The SMILES string of the molecule is CC[C@H]1CCc2sc(C(=O)Nc3cccc(Cl)c3)cc2C1. The van der Waals surface area contributed by atoms with Gasteiger partial charge >= 0.3 is 0 Å². The Morgan fingerprint density at radius 3 is 3.05 bits per heavy atom. The van der Waals surface area contributed by atoms with E-state index in [9.17, 15) is 4.79 Å². The van der Waals surface area contributed by atoms with Crippen LogP contribution in [0.1, 0.15) is 39.9 Å². The summed E-state index contributed by atoms with van der Waals surface area (Å²) >= 11 is 7.57. The van der Waals surface area contributed by atoms with Crippen LogP contribution in [0.3, 0.4) is 0 Å². The van der Waals surface area contributed by atoms with Gasteiger partial charge in [0, 0.05) is 15.6 Å². The van der Waals surface area contributed by atoms with Gasteiger partial charge in [0.2, 0.25) is 0 Å². The molecule has 1 aliphatic rings. The molecular formula is C17H18ClNOS. The molecule has 2 aromatic rings. The highest BCUT2D eigenvalue weighted by atomic mass is 35.5. The minimum absolute atomic E-state index is 0.0373. The Bertz CT molecular complexity index is 665. The summed E-state index contributed by atoms with van der Waals surface area (Å²) in [5, 5.41) is 3.55. The van der Waals surface area contributed by atoms with Crippen molar-refractivity contribution in [3.8, 4) is 0 Å². The Morgan fingerprint density at radius 2 is 2.29 bits per heavy atom. The lowest BCUT2D eigenvalue weighted by molar-refractivity contribution is 0.103. The zero-order valence-corrected chi connectivity index (χ0v) is 13.6. The summed E-state index contributed by atoms with van der Waals surface area (Å²) in [6, 6.07) is 9.32. The molecule has 0 saturated carbocycles. The smallest absolute Gasteiger partial charge is 0.265 e. The maximum atomic E-state index is 12.4. The average molecular weight is 320 g/mol. The molecule has 0 fully saturated rings. The topological polar surface area (TPSA) is 29.1 Å². The summed E-state index contributed by atoms with van der Waals surface area (Å²) in [5.41, 5.74) is 2.11. The van der Waals surface area contributed by atoms with Crippen molar-refractivity contribution in [1.82, 2.24) is 0 Å². The van der Waals surface area contributed by atoms with Crippen molar-refractivity contribution in [3.63, 3.8) is 0 Å². The highest BCUT2D eigenvalue weighted by Crippen LogP contribution is 2.33. The van der Waals surface area contributed by atoms with Crippen molar-refractivity contribution in [2.75, 3.05) is 5.32 Å². The first-order valence-corrected chi connectivity index (χ1v) is 8.53. The monoisotopic (exact) mass is 319 g/mol. The van der Waals surface area contributed by atoms with E-state index in [1.165, 1.54) is 23.3 Å². The molecule has 3 rings (SSSR count). The van der Waals surface area contributed by atoms with Crippen molar-refractivity contribution in [1.29, 1.82) is 0 Å². The molecule has 0 spiro atoms. The lowest BCUT2D eigenvalue weighted by Gasteiger charge is -2.19. The molecule has 1 atom stereocenters. The van der Waals surface area contributed by atoms with Crippen molar-refractivity contribution >= 4 is 34.5 Å². The minimum atomic E-state index is -0.0373. The lowest BCUT2D eigenvalue weighted by Crippen LogP contribution is -2.11. The molecule has 1 heterocycles. The van der Waals surface area contributed by atoms with Crippen LogP contribution in [0.5, 0.6) is 0 Å². The van der Waals surface area contributed by atoms with Gasteiger partial charge < -0.3 is 5.32 Å². The molecule has 1 aromatic carbocycles. The van der Waals surface area contributed by atoms with Crippen molar-refractivity contribution in [3.05, 3.63) is 50.7 Å². The van der Waals surface area contributed by atoms with Crippen LogP contribution in [0.2, 0.25) is 5.02 Å². The molecule has 21 heavy (non-hydrogen) atoms. The fourth-order valence-electron chi connectivity index (χ4n) is 2.82. The van der Waals surface area contributed by atoms with Crippen molar-refractivity contribution < 1.29 is 4.79 Å². The molecule has 0 radical (unpaired) electrons. The second-order valence-electron chi connectivity index (χ2n) is 5.54. The summed E-state index contributed by atoms with van der Waals surface area (Å²) < 4.78 is 0. The van der Waals surface area contributed by atoms with E-state index in [2.05, 4.69) is 18.3 Å². The predicted octanol–water partition coefficient (Wildman–Crippen LogP) is 5.17. The van der Waals surface area contributed by atoms with E-state index >= 15 is 0 Å². The number of benzene rings is 1. The Hall–Kier alpha value is -1.32. The van der Waals surface area contributed by atoms with Gasteiger partial charge in [-0.25, -0.2) is 0 Å². The number of aryl methyl sites for hydroxylation is 1. The van der Waals surface area contributed by atoms with Gasteiger partial charge in [-0.15, -0.1) is 11.3 Å². The molecule has 1 amide bonds. The first-order chi connectivity index (χ1) is 10.2. The molecule has 0 aliphatic heterocycles. The molecule has 1 N–H and O–H groups in total. The summed E-state index contributed by atoms with van der Waals surface area (Å²) in [6.45, 7) is 2.24. The van der Waals surface area contributed by atoms with E-state index in [1.807, 2.05) is 12.1 Å². The van der Waals surface area contributed by atoms with Gasteiger partial charge in [-0.05, 0) is 55.0 Å². The molecule has 110 valence electrons. The number of carbonyl (C=O) groups is 1. The van der Waals surface area contributed by atoms with E-state index in [4.69, 9.17) is 11.6 Å². The standard InChI is InChI=1S/C17H18ClNOS/c1-2-11-6-7-15-12(8-11)9-16(21-15)17(20)19-14-5-3-4-13(18)10-14/h3-5,9-11H,2,6-8H2,1H3,(H,19,20)/t11-/m0/s1. The van der Waals surface area contributed by atoms with Gasteiger partial charge in [-0.1, -0.05) is 31.0 Å². The number of amides is 1. The third-order valence-corrected chi connectivity index (χ3v) is 5.54. The normalized spacial score (nSPS) is 17.3. The molecule has 4 heteroatoms. The zero-order chi connectivity index (χ0) is 14.8. The first kappa shape index (κ1) is 14.6. The van der Waals surface area contributed by atoms with Crippen LogP contribution in [0.15, 0.2) is 30.3 Å². The van der Waals surface area contributed by atoms with E-state index in [1.54, 1.807) is 23.5 Å². The molecular weight excluding hydrogens is 302 g/mol. The molecule has 1 aromatic heterocycles. The van der Waals surface area contributed by atoms with Crippen LogP contribution in [0, 0.1) is 5.92 Å². The quantitative estimate of drug-likeness (QED) is 0.831. The van der Waals surface area contributed by atoms with E-state index in [0.717, 1.165) is 29.3 Å². The Labute approximate surface area is 134 Å². The van der Waals surface area contributed by atoms with E-state index in [-0.39, 0.29) is 5.91 Å². The van der Waals surface area contributed by atoms with Crippen LogP contribution >= 0.6 is 22.9 Å². The summed E-state index contributed by atoms with van der Waals surface area (Å²) in [6.07, 6.45) is 4.70. The van der Waals surface area contributed by atoms with Gasteiger partial charge in [0.1, 0.15) is 0 Å².